The van der Waals surface area contributed by atoms with Crippen LogP contribution in [0.25, 0.3) is 0 Å². The molecule has 0 saturated carbocycles. The van der Waals surface area contributed by atoms with Crippen LogP contribution in [0.15, 0.2) is 72.8 Å². The van der Waals surface area contributed by atoms with Crippen LogP contribution in [-0.2, 0) is 0 Å². The SMILES string of the molecule is Cc1ccc(Nc2ccccc2NC(=O)Nc2ccc(Cl)cc2)cc1. The van der Waals surface area contributed by atoms with E-state index in [2.05, 4.69) is 16.0 Å². The lowest BCUT2D eigenvalue weighted by Crippen LogP contribution is -2.20. The van der Waals surface area contributed by atoms with Crippen molar-refractivity contribution in [3.63, 3.8) is 0 Å². The van der Waals surface area contributed by atoms with Crippen LogP contribution in [0, 0.1) is 6.92 Å². The highest BCUT2D eigenvalue weighted by atomic mass is 35.5. The Morgan fingerprint density at radius 3 is 2.04 bits per heavy atom. The van der Waals surface area contributed by atoms with E-state index in [9.17, 15) is 4.79 Å². The Balaban J connectivity index is 1.70. The Morgan fingerprint density at radius 2 is 1.36 bits per heavy atom. The van der Waals surface area contributed by atoms with E-state index < -0.39 is 0 Å². The highest BCUT2D eigenvalue weighted by Crippen LogP contribution is 2.25. The van der Waals surface area contributed by atoms with Gasteiger partial charge in [0, 0.05) is 16.4 Å². The van der Waals surface area contributed by atoms with Crippen molar-refractivity contribution in [1.82, 2.24) is 0 Å². The fraction of sp³-hybridized carbons (Fsp3) is 0.0500. The minimum Gasteiger partial charge on any atom is -0.354 e. The zero-order valence-corrected chi connectivity index (χ0v) is 14.5. The minimum atomic E-state index is -0.319. The summed E-state index contributed by atoms with van der Waals surface area (Å²) in [5, 5.41) is 9.58. The number of nitrogens with one attached hydrogen (secondary N) is 3. The lowest BCUT2D eigenvalue weighted by Gasteiger charge is -2.14. The average Bonchev–Trinajstić information content (AvgIpc) is 2.61. The van der Waals surface area contributed by atoms with Gasteiger partial charge in [0.1, 0.15) is 0 Å². The van der Waals surface area contributed by atoms with Gasteiger partial charge in [0.15, 0.2) is 0 Å². The van der Waals surface area contributed by atoms with Crippen LogP contribution < -0.4 is 16.0 Å². The third-order valence-corrected chi connectivity index (χ3v) is 3.86. The van der Waals surface area contributed by atoms with Gasteiger partial charge in [-0.25, -0.2) is 4.79 Å². The quantitative estimate of drug-likeness (QED) is 0.537. The number of para-hydroxylation sites is 2. The second kappa shape index (κ2) is 7.73. The van der Waals surface area contributed by atoms with E-state index >= 15 is 0 Å². The van der Waals surface area contributed by atoms with E-state index in [4.69, 9.17) is 11.6 Å². The molecule has 0 unspecified atom stereocenters. The van der Waals surface area contributed by atoms with Crippen LogP contribution in [0.3, 0.4) is 0 Å². The molecular weight excluding hydrogens is 334 g/mol. The molecule has 0 atom stereocenters. The summed E-state index contributed by atoms with van der Waals surface area (Å²) in [5.74, 6) is 0. The van der Waals surface area contributed by atoms with Crippen LogP contribution in [-0.4, -0.2) is 6.03 Å². The fourth-order valence-corrected chi connectivity index (χ4v) is 2.44. The Hall–Kier alpha value is -2.98. The van der Waals surface area contributed by atoms with E-state index in [0.29, 0.717) is 16.4 Å². The standard InChI is InChI=1S/C20H18ClN3O/c1-14-6-10-16(11-7-14)22-18-4-2-3-5-19(18)24-20(25)23-17-12-8-15(21)9-13-17/h2-13,22H,1H3,(H2,23,24,25). The number of hydrogen-bond acceptors (Lipinski definition) is 2. The second-order valence-electron chi connectivity index (χ2n) is 5.62. The smallest absolute Gasteiger partial charge is 0.323 e. The van der Waals surface area contributed by atoms with Gasteiger partial charge in [0.25, 0.3) is 0 Å². The molecule has 4 nitrogen and oxygen atoms in total. The van der Waals surface area contributed by atoms with Crippen LogP contribution in [0.5, 0.6) is 0 Å². The Labute approximate surface area is 151 Å². The molecule has 25 heavy (non-hydrogen) atoms. The maximum Gasteiger partial charge on any atom is 0.323 e. The fourth-order valence-electron chi connectivity index (χ4n) is 2.31. The van der Waals surface area contributed by atoms with Crippen LogP contribution in [0.1, 0.15) is 5.56 Å². The Kier molecular flexibility index (Phi) is 5.21. The predicted octanol–water partition coefficient (Wildman–Crippen LogP) is 6.04. The monoisotopic (exact) mass is 351 g/mol. The predicted molar refractivity (Wildman–Crippen MR) is 105 cm³/mol. The van der Waals surface area contributed by atoms with E-state index in [0.717, 1.165) is 11.4 Å². The van der Waals surface area contributed by atoms with Crippen LogP contribution in [0.4, 0.5) is 27.5 Å². The number of aryl methyl sites for hydroxylation is 1. The van der Waals surface area contributed by atoms with Gasteiger partial charge in [0.05, 0.1) is 11.4 Å². The number of amides is 2. The number of carbonyl (C=O) groups is 1. The van der Waals surface area contributed by atoms with Crippen molar-refractivity contribution in [1.29, 1.82) is 0 Å². The number of anilines is 4. The first-order chi connectivity index (χ1) is 12.1. The molecule has 3 rings (SSSR count). The van der Waals surface area contributed by atoms with Gasteiger partial charge < -0.3 is 16.0 Å². The van der Waals surface area contributed by atoms with Crippen molar-refractivity contribution >= 4 is 40.4 Å². The highest BCUT2D eigenvalue weighted by molar-refractivity contribution is 6.30. The molecule has 0 heterocycles. The molecule has 3 N–H and O–H groups in total. The molecule has 0 aliphatic carbocycles. The lowest BCUT2D eigenvalue weighted by molar-refractivity contribution is 0.262. The number of carbonyl (C=O) groups excluding carboxylic acids is 1. The van der Waals surface area contributed by atoms with Crippen molar-refractivity contribution in [3.05, 3.63) is 83.4 Å². The van der Waals surface area contributed by atoms with Crippen LogP contribution >= 0.6 is 11.6 Å². The summed E-state index contributed by atoms with van der Waals surface area (Å²) in [4.78, 5) is 12.2. The van der Waals surface area contributed by atoms with Crippen molar-refractivity contribution in [2.24, 2.45) is 0 Å². The zero-order valence-electron chi connectivity index (χ0n) is 13.7. The minimum absolute atomic E-state index is 0.319. The Morgan fingerprint density at radius 1 is 0.760 bits per heavy atom. The van der Waals surface area contributed by atoms with E-state index in [1.165, 1.54) is 5.56 Å². The normalized spacial score (nSPS) is 10.2. The molecule has 0 saturated heterocycles. The summed E-state index contributed by atoms with van der Waals surface area (Å²) in [6.07, 6.45) is 0. The summed E-state index contributed by atoms with van der Waals surface area (Å²) >= 11 is 5.85. The highest BCUT2D eigenvalue weighted by Gasteiger charge is 2.07. The molecule has 0 fully saturated rings. The van der Waals surface area contributed by atoms with E-state index in [1.54, 1.807) is 24.3 Å². The van der Waals surface area contributed by atoms with Gasteiger partial charge >= 0.3 is 6.03 Å². The molecule has 3 aromatic rings. The van der Waals surface area contributed by atoms with Gasteiger partial charge in [0.2, 0.25) is 0 Å². The molecule has 0 bridgehead atoms. The molecule has 2 amide bonds. The molecule has 0 aromatic heterocycles. The zero-order chi connectivity index (χ0) is 17.6. The lowest BCUT2D eigenvalue weighted by atomic mass is 10.2. The van der Waals surface area contributed by atoms with Crippen molar-refractivity contribution < 1.29 is 4.79 Å². The van der Waals surface area contributed by atoms with Crippen molar-refractivity contribution in [3.8, 4) is 0 Å². The maximum atomic E-state index is 12.2. The summed E-state index contributed by atoms with van der Waals surface area (Å²) in [5.41, 5.74) is 4.33. The molecule has 0 aliphatic rings. The largest absolute Gasteiger partial charge is 0.354 e. The molecule has 5 heteroatoms. The van der Waals surface area contributed by atoms with Gasteiger partial charge in [-0.05, 0) is 55.5 Å². The van der Waals surface area contributed by atoms with Crippen molar-refractivity contribution in [2.45, 2.75) is 6.92 Å². The first kappa shape index (κ1) is 16.9. The van der Waals surface area contributed by atoms with Crippen molar-refractivity contribution in [2.75, 3.05) is 16.0 Å². The molecule has 0 spiro atoms. The molecular formula is C20H18ClN3O. The van der Waals surface area contributed by atoms with Gasteiger partial charge in [-0.2, -0.15) is 0 Å². The molecule has 126 valence electrons. The van der Waals surface area contributed by atoms with Crippen LogP contribution in [0.2, 0.25) is 5.02 Å². The number of hydrogen-bond donors (Lipinski definition) is 3. The maximum absolute atomic E-state index is 12.2. The number of benzene rings is 3. The molecule has 0 radical (unpaired) electrons. The van der Waals surface area contributed by atoms with Gasteiger partial charge in [-0.3, -0.25) is 0 Å². The number of halogens is 1. The topological polar surface area (TPSA) is 53.2 Å². The average molecular weight is 352 g/mol. The number of urea groups is 1. The summed E-state index contributed by atoms with van der Waals surface area (Å²) < 4.78 is 0. The summed E-state index contributed by atoms with van der Waals surface area (Å²) in [7, 11) is 0. The van der Waals surface area contributed by atoms with E-state index in [-0.39, 0.29) is 6.03 Å². The second-order valence-corrected chi connectivity index (χ2v) is 6.06. The molecule has 0 aliphatic heterocycles. The third kappa shape index (κ3) is 4.75. The summed E-state index contributed by atoms with van der Waals surface area (Å²) in [6, 6.07) is 22.2. The first-order valence-electron chi connectivity index (χ1n) is 7.86. The van der Waals surface area contributed by atoms with Gasteiger partial charge in [-0.15, -0.1) is 0 Å². The van der Waals surface area contributed by atoms with Gasteiger partial charge in [-0.1, -0.05) is 41.4 Å². The number of rotatable bonds is 4. The molecule has 3 aromatic carbocycles. The third-order valence-electron chi connectivity index (χ3n) is 3.61. The Bertz CT molecular complexity index is 861. The van der Waals surface area contributed by atoms with E-state index in [1.807, 2.05) is 55.5 Å². The summed E-state index contributed by atoms with van der Waals surface area (Å²) in [6.45, 7) is 2.04. The first-order valence-corrected chi connectivity index (χ1v) is 8.24.